The summed E-state index contributed by atoms with van der Waals surface area (Å²) >= 11 is 1.30. The molecule has 0 bridgehead atoms. The Balaban J connectivity index is 1.71. The molecule has 3 rings (SSSR count). The maximum absolute atomic E-state index is 13.6. The third-order valence-electron chi connectivity index (χ3n) is 3.39. The molecule has 3 aromatic rings. The Morgan fingerprint density at radius 2 is 1.88 bits per heavy atom. The molecule has 0 saturated carbocycles. The van der Waals surface area contributed by atoms with Crippen molar-refractivity contribution >= 4 is 11.8 Å². The highest BCUT2D eigenvalue weighted by Crippen LogP contribution is 2.25. The minimum Gasteiger partial charge on any atom is -0.497 e. The molecule has 122 valence electrons. The van der Waals surface area contributed by atoms with Crippen molar-refractivity contribution in [3.63, 3.8) is 0 Å². The smallest absolute Gasteiger partial charge is 0.127 e. The van der Waals surface area contributed by atoms with Crippen molar-refractivity contribution in [1.29, 1.82) is 0 Å². The van der Waals surface area contributed by atoms with Crippen molar-refractivity contribution in [1.82, 2.24) is 10.2 Å². The highest BCUT2D eigenvalue weighted by molar-refractivity contribution is 7.98. The van der Waals surface area contributed by atoms with Crippen LogP contribution in [0.1, 0.15) is 5.56 Å². The average molecular weight is 344 g/mol. The van der Waals surface area contributed by atoms with Crippen LogP contribution < -0.4 is 4.74 Å². The second-order valence-electron chi connectivity index (χ2n) is 5.01. The summed E-state index contributed by atoms with van der Waals surface area (Å²) in [6.45, 7) is 0. The van der Waals surface area contributed by atoms with Crippen LogP contribution in [0.5, 0.6) is 5.75 Å². The van der Waals surface area contributed by atoms with Crippen molar-refractivity contribution in [2.45, 2.75) is 10.8 Å². The minimum absolute atomic E-state index is 0.288. The van der Waals surface area contributed by atoms with Gasteiger partial charge in [-0.3, -0.25) is 0 Å². The van der Waals surface area contributed by atoms with E-state index in [-0.39, 0.29) is 5.75 Å². The molecule has 3 nitrogen and oxygen atoms in total. The maximum atomic E-state index is 13.6. The van der Waals surface area contributed by atoms with Crippen LogP contribution in [-0.2, 0) is 5.75 Å². The van der Waals surface area contributed by atoms with Gasteiger partial charge < -0.3 is 4.74 Å². The molecular formula is C18H14F2N2OS. The Morgan fingerprint density at radius 1 is 1.00 bits per heavy atom. The van der Waals surface area contributed by atoms with Crippen LogP contribution in [-0.4, -0.2) is 17.3 Å². The van der Waals surface area contributed by atoms with E-state index in [0.717, 1.165) is 29.1 Å². The molecule has 1 heterocycles. The Bertz CT molecular complexity index is 841. The van der Waals surface area contributed by atoms with Gasteiger partial charge in [-0.1, -0.05) is 23.9 Å². The summed E-state index contributed by atoms with van der Waals surface area (Å²) in [5.74, 6) is 0.155. The van der Waals surface area contributed by atoms with E-state index in [2.05, 4.69) is 10.2 Å². The summed E-state index contributed by atoms with van der Waals surface area (Å²) in [4.78, 5) is 0. The third-order valence-corrected chi connectivity index (χ3v) is 4.36. The lowest BCUT2D eigenvalue weighted by atomic mass is 10.1. The Morgan fingerprint density at radius 3 is 2.62 bits per heavy atom. The van der Waals surface area contributed by atoms with Gasteiger partial charge in [-0.25, -0.2) is 8.78 Å². The zero-order chi connectivity index (χ0) is 16.9. The van der Waals surface area contributed by atoms with Crippen LogP contribution in [0.15, 0.2) is 59.6 Å². The number of ether oxygens (including phenoxy) is 1. The first-order valence-corrected chi connectivity index (χ1v) is 8.19. The molecular weight excluding hydrogens is 330 g/mol. The van der Waals surface area contributed by atoms with E-state index >= 15 is 0 Å². The third kappa shape index (κ3) is 3.89. The minimum atomic E-state index is -0.452. The molecule has 0 aliphatic heterocycles. The van der Waals surface area contributed by atoms with Gasteiger partial charge in [0.25, 0.3) is 0 Å². The predicted octanol–water partition coefficient (Wildman–Crippen LogP) is 4.72. The fourth-order valence-electron chi connectivity index (χ4n) is 2.14. The second-order valence-corrected chi connectivity index (χ2v) is 6.01. The molecule has 0 spiro atoms. The van der Waals surface area contributed by atoms with Crippen LogP contribution in [0.3, 0.4) is 0 Å². The molecule has 0 unspecified atom stereocenters. The zero-order valence-corrected chi connectivity index (χ0v) is 13.7. The van der Waals surface area contributed by atoms with E-state index < -0.39 is 11.6 Å². The Hall–Kier alpha value is -2.47. The second kappa shape index (κ2) is 7.40. The van der Waals surface area contributed by atoms with E-state index in [9.17, 15) is 8.78 Å². The number of methoxy groups -OCH3 is 1. The molecule has 0 radical (unpaired) electrons. The molecule has 0 fully saturated rings. The van der Waals surface area contributed by atoms with Gasteiger partial charge >= 0.3 is 0 Å². The van der Waals surface area contributed by atoms with Crippen LogP contribution >= 0.6 is 11.8 Å². The monoisotopic (exact) mass is 344 g/mol. The normalized spacial score (nSPS) is 10.6. The number of nitrogens with zero attached hydrogens (tertiary/aromatic N) is 2. The molecule has 0 aliphatic carbocycles. The number of hydrogen-bond acceptors (Lipinski definition) is 4. The molecule has 0 N–H and O–H groups in total. The molecule has 6 heteroatoms. The van der Waals surface area contributed by atoms with E-state index in [0.29, 0.717) is 10.6 Å². The molecule has 2 aromatic carbocycles. The highest BCUT2D eigenvalue weighted by atomic mass is 32.2. The number of hydrogen-bond donors (Lipinski definition) is 0. The van der Waals surface area contributed by atoms with E-state index in [1.165, 1.54) is 17.8 Å². The maximum Gasteiger partial charge on any atom is 0.127 e. The van der Waals surface area contributed by atoms with Gasteiger partial charge in [-0.15, -0.1) is 10.2 Å². The van der Waals surface area contributed by atoms with E-state index in [4.69, 9.17) is 4.74 Å². The molecule has 0 aliphatic rings. The number of thioether (sulfide) groups is 1. The fourth-order valence-corrected chi connectivity index (χ4v) is 2.93. The Kier molecular flexibility index (Phi) is 5.05. The van der Waals surface area contributed by atoms with Gasteiger partial charge in [-0.05, 0) is 42.5 Å². The molecule has 0 saturated heterocycles. The lowest BCUT2D eigenvalue weighted by Gasteiger charge is -2.05. The van der Waals surface area contributed by atoms with Crippen molar-refractivity contribution in [2.24, 2.45) is 0 Å². The van der Waals surface area contributed by atoms with Gasteiger partial charge in [0, 0.05) is 16.9 Å². The van der Waals surface area contributed by atoms with Gasteiger partial charge in [0.2, 0.25) is 0 Å². The summed E-state index contributed by atoms with van der Waals surface area (Å²) in [5.41, 5.74) is 1.92. The first-order valence-electron chi connectivity index (χ1n) is 7.20. The summed E-state index contributed by atoms with van der Waals surface area (Å²) in [6.07, 6.45) is 0. The molecule has 0 atom stereocenters. The quantitative estimate of drug-likeness (QED) is 0.627. The largest absolute Gasteiger partial charge is 0.497 e. The standard InChI is InChI=1S/C18H14F2N2OS/c1-23-15-4-2-3-12(10-15)17-7-8-18(22-21-17)24-11-13-9-14(19)5-6-16(13)20/h2-10H,11H2,1H3. The van der Waals surface area contributed by atoms with Gasteiger partial charge in [-0.2, -0.15) is 0 Å². The molecule has 24 heavy (non-hydrogen) atoms. The van der Waals surface area contributed by atoms with Gasteiger partial charge in [0.05, 0.1) is 12.8 Å². The van der Waals surface area contributed by atoms with Crippen molar-refractivity contribution in [3.05, 3.63) is 71.8 Å². The lowest BCUT2D eigenvalue weighted by Crippen LogP contribution is -1.93. The zero-order valence-electron chi connectivity index (χ0n) is 12.9. The fraction of sp³-hybridized carbons (Fsp3) is 0.111. The van der Waals surface area contributed by atoms with Crippen LogP contribution in [0.4, 0.5) is 8.78 Å². The molecule has 1 aromatic heterocycles. The van der Waals surface area contributed by atoms with Gasteiger partial charge in [0.15, 0.2) is 0 Å². The summed E-state index contributed by atoms with van der Waals surface area (Å²) in [7, 11) is 1.61. The number of rotatable bonds is 5. The van der Waals surface area contributed by atoms with Crippen LogP contribution in [0, 0.1) is 11.6 Å². The van der Waals surface area contributed by atoms with E-state index in [1.54, 1.807) is 7.11 Å². The first kappa shape index (κ1) is 16.4. The van der Waals surface area contributed by atoms with Crippen LogP contribution in [0.2, 0.25) is 0 Å². The topological polar surface area (TPSA) is 35.0 Å². The number of halogens is 2. The summed E-state index contributed by atoms with van der Waals surface area (Å²) in [6, 6.07) is 14.6. The van der Waals surface area contributed by atoms with E-state index in [1.807, 2.05) is 36.4 Å². The van der Waals surface area contributed by atoms with Crippen molar-refractivity contribution < 1.29 is 13.5 Å². The van der Waals surface area contributed by atoms with Gasteiger partial charge in [0.1, 0.15) is 22.4 Å². The predicted molar refractivity (Wildman–Crippen MR) is 89.9 cm³/mol. The highest BCUT2D eigenvalue weighted by Gasteiger charge is 2.07. The SMILES string of the molecule is COc1cccc(-c2ccc(SCc3cc(F)ccc3F)nn2)c1. The first-order chi connectivity index (χ1) is 11.7. The van der Waals surface area contributed by atoms with Crippen LogP contribution in [0.25, 0.3) is 11.3 Å². The molecule has 0 amide bonds. The Labute approximate surface area is 142 Å². The average Bonchev–Trinajstić information content (AvgIpc) is 2.63. The number of aromatic nitrogens is 2. The van der Waals surface area contributed by atoms with Crippen molar-refractivity contribution in [3.8, 4) is 17.0 Å². The summed E-state index contributed by atoms with van der Waals surface area (Å²) in [5, 5.41) is 8.96. The number of benzene rings is 2. The lowest BCUT2D eigenvalue weighted by molar-refractivity contribution is 0.415. The van der Waals surface area contributed by atoms with Crippen molar-refractivity contribution in [2.75, 3.05) is 7.11 Å². The summed E-state index contributed by atoms with van der Waals surface area (Å²) < 4.78 is 32.0.